The maximum absolute atomic E-state index is 13.6. The highest BCUT2D eigenvalue weighted by Crippen LogP contribution is 2.40. The minimum atomic E-state index is -1.04. The number of carbonyl (C=O) groups excluding carboxylic acids is 3. The summed E-state index contributed by atoms with van der Waals surface area (Å²) in [6.45, 7) is 11.1. The lowest BCUT2D eigenvalue weighted by Crippen LogP contribution is -2.39. The van der Waals surface area contributed by atoms with Gasteiger partial charge in [-0.2, -0.15) is 0 Å². The quantitative estimate of drug-likeness (QED) is 0.282. The van der Waals surface area contributed by atoms with E-state index in [1.807, 2.05) is 24.4 Å². The van der Waals surface area contributed by atoms with Crippen LogP contribution in [0.2, 0.25) is 0 Å². The van der Waals surface area contributed by atoms with E-state index in [1.54, 1.807) is 23.1 Å². The molecule has 2 aromatic rings. The molecule has 2 aliphatic rings. The highest BCUT2D eigenvalue weighted by Gasteiger charge is 2.51. The van der Waals surface area contributed by atoms with Gasteiger partial charge in [0.15, 0.2) is 5.78 Å². The number of amides is 1. The number of rotatable bonds is 10. The van der Waals surface area contributed by atoms with Gasteiger partial charge in [0.25, 0.3) is 5.91 Å². The monoisotopic (exact) mass is 498 g/mol. The zero-order valence-corrected chi connectivity index (χ0v) is 21.5. The van der Waals surface area contributed by atoms with Crippen molar-refractivity contribution in [3.05, 3.63) is 51.7 Å². The van der Waals surface area contributed by atoms with Crippen molar-refractivity contribution in [3.63, 3.8) is 0 Å². The van der Waals surface area contributed by atoms with E-state index in [-0.39, 0.29) is 5.78 Å². The molecule has 7 nitrogen and oxygen atoms in total. The molecule has 1 aromatic carbocycles. The number of carbonyl (C=O) groups is 3. The predicted molar refractivity (Wildman–Crippen MR) is 135 cm³/mol. The number of likely N-dealkylation sites (tertiary alicyclic amines) is 1. The van der Waals surface area contributed by atoms with E-state index < -0.39 is 23.7 Å². The summed E-state index contributed by atoms with van der Waals surface area (Å²) in [7, 11) is 0. The number of ether oxygens (including phenoxy) is 2. The zero-order chi connectivity index (χ0) is 24.9. The Morgan fingerprint density at radius 2 is 1.94 bits per heavy atom. The molecule has 2 atom stereocenters. The van der Waals surface area contributed by atoms with Crippen molar-refractivity contribution in [1.82, 2.24) is 9.80 Å². The molecule has 3 heterocycles. The van der Waals surface area contributed by atoms with Crippen LogP contribution in [0.3, 0.4) is 0 Å². The van der Waals surface area contributed by atoms with Crippen LogP contribution in [0.4, 0.5) is 0 Å². The Hall–Kier alpha value is -2.55. The number of aryl methyl sites for hydroxylation is 1. The molecule has 4 rings (SSSR count). The molecule has 1 amide bonds. The van der Waals surface area contributed by atoms with Gasteiger partial charge in [0, 0.05) is 36.6 Å². The molecule has 2 aliphatic heterocycles. The summed E-state index contributed by atoms with van der Waals surface area (Å²) in [5.41, 5.74) is 1.27. The van der Waals surface area contributed by atoms with Crippen LogP contribution < -0.4 is 4.74 Å². The minimum Gasteiger partial charge on any atom is -0.493 e. The van der Waals surface area contributed by atoms with Crippen molar-refractivity contribution in [2.45, 2.75) is 33.2 Å². The molecule has 0 spiro atoms. The third-order valence-corrected chi connectivity index (χ3v) is 7.47. The fourth-order valence-electron chi connectivity index (χ4n) is 4.69. The Bertz CT molecular complexity index is 1050. The van der Waals surface area contributed by atoms with Crippen LogP contribution in [0.15, 0.2) is 35.7 Å². The van der Waals surface area contributed by atoms with Crippen LogP contribution in [0.25, 0.3) is 0 Å². The summed E-state index contributed by atoms with van der Waals surface area (Å²) in [4.78, 5) is 44.7. The van der Waals surface area contributed by atoms with Gasteiger partial charge in [0.2, 0.25) is 5.78 Å². The molecule has 0 saturated carbocycles. The minimum absolute atomic E-state index is 0.309. The lowest BCUT2D eigenvalue weighted by atomic mass is 9.88. The van der Waals surface area contributed by atoms with Gasteiger partial charge in [-0.05, 0) is 54.5 Å². The van der Waals surface area contributed by atoms with Gasteiger partial charge in [-0.1, -0.05) is 19.9 Å². The lowest BCUT2D eigenvalue weighted by Gasteiger charge is -2.29. The highest BCUT2D eigenvalue weighted by atomic mass is 32.1. The van der Waals surface area contributed by atoms with Crippen molar-refractivity contribution >= 4 is 28.8 Å². The number of hydrogen-bond acceptors (Lipinski definition) is 7. The van der Waals surface area contributed by atoms with Crippen molar-refractivity contribution in [2.75, 3.05) is 46.0 Å². The van der Waals surface area contributed by atoms with Crippen LogP contribution in [0, 0.1) is 18.8 Å². The molecule has 35 heavy (non-hydrogen) atoms. The van der Waals surface area contributed by atoms with E-state index in [0.29, 0.717) is 24.6 Å². The van der Waals surface area contributed by atoms with Crippen molar-refractivity contribution in [2.24, 2.45) is 11.8 Å². The van der Waals surface area contributed by atoms with Gasteiger partial charge in [-0.15, -0.1) is 11.3 Å². The Kier molecular flexibility index (Phi) is 8.36. The average Bonchev–Trinajstić information content (AvgIpc) is 3.46. The maximum Gasteiger partial charge on any atom is 0.291 e. The molecule has 2 unspecified atom stereocenters. The third-order valence-electron chi connectivity index (χ3n) is 6.53. The molecule has 8 heteroatoms. The van der Waals surface area contributed by atoms with E-state index in [0.717, 1.165) is 55.5 Å². The number of thiophene rings is 1. The Morgan fingerprint density at radius 3 is 2.60 bits per heavy atom. The van der Waals surface area contributed by atoms with Gasteiger partial charge in [-0.25, -0.2) is 0 Å². The van der Waals surface area contributed by atoms with Gasteiger partial charge < -0.3 is 14.4 Å². The third kappa shape index (κ3) is 5.82. The topological polar surface area (TPSA) is 76.2 Å². The van der Waals surface area contributed by atoms with Crippen molar-refractivity contribution < 1.29 is 23.9 Å². The van der Waals surface area contributed by atoms with Gasteiger partial charge in [-0.3, -0.25) is 19.3 Å². The fourth-order valence-corrected chi connectivity index (χ4v) is 5.57. The Morgan fingerprint density at radius 1 is 1.17 bits per heavy atom. The highest BCUT2D eigenvalue weighted by molar-refractivity contribution is 7.10. The molecule has 2 fully saturated rings. The number of ketones is 2. The molecule has 0 N–H and O–H groups in total. The number of benzene rings is 1. The van der Waals surface area contributed by atoms with Crippen LogP contribution in [-0.4, -0.2) is 73.3 Å². The van der Waals surface area contributed by atoms with E-state index in [2.05, 4.69) is 18.7 Å². The first kappa shape index (κ1) is 25.5. The standard InChI is InChI=1S/C27H34N2O5S/c1-18(2)17-34-21-8-7-20(16-19(21)3)25(30)23-24(22-6-4-15-35-22)29(27(32)26(23)31)10-5-9-28-11-13-33-14-12-28/h4,6-8,15-16,18,23-24H,5,9-14,17H2,1-3H3. The van der Waals surface area contributed by atoms with E-state index in [4.69, 9.17) is 9.47 Å². The molecule has 188 valence electrons. The van der Waals surface area contributed by atoms with Crippen LogP contribution in [0.1, 0.15) is 47.1 Å². The summed E-state index contributed by atoms with van der Waals surface area (Å²) in [5, 5.41) is 1.92. The zero-order valence-electron chi connectivity index (χ0n) is 20.7. The lowest BCUT2D eigenvalue weighted by molar-refractivity contribution is -0.140. The Labute approximate surface area is 211 Å². The fraction of sp³-hybridized carbons (Fsp3) is 0.519. The van der Waals surface area contributed by atoms with Gasteiger partial charge in [0.05, 0.1) is 25.9 Å². The first-order valence-electron chi connectivity index (χ1n) is 12.3. The molecule has 0 radical (unpaired) electrons. The SMILES string of the molecule is Cc1cc(C(=O)C2C(=O)C(=O)N(CCCN3CCOCC3)C2c2cccs2)ccc1OCC(C)C. The first-order chi connectivity index (χ1) is 16.9. The van der Waals surface area contributed by atoms with Crippen LogP contribution in [-0.2, 0) is 14.3 Å². The molecular formula is C27H34N2O5S. The smallest absolute Gasteiger partial charge is 0.291 e. The summed E-state index contributed by atoms with van der Waals surface area (Å²) in [6.07, 6.45) is 0.739. The second-order valence-corrected chi connectivity index (χ2v) is 10.6. The molecule has 2 saturated heterocycles. The van der Waals surface area contributed by atoms with E-state index >= 15 is 0 Å². The number of Topliss-reactive ketones (excluding diaryl/α,β-unsaturated/α-hetero) is 2. The predicted octanol–water partition coefficient (Wildman–Crippen LogP) is 3.77. The second-order valence-electron chi connectivity index (χ2n) is 9.66. The Balaban J connectivity index is 1.53. The maximum atomic E-state index is 13.6. The first-order valence-corrected chi connectivity index (χ1v) is 13.2. The molecular weight excluding hydrogens is 464 g/mol. The average molecular weight is 499 g/mol. The summed E-state index contributed by atoms with van der Waals surface area (Å²) in [6, 6.07) is 8.49. The molecule has 0 bridgehead atoms. The van der Waals surface area contributed by atoms with Crippen LogP contribution in [0.5, 0.6) is 5.75 Å². The summed E-state index contributed by atoms with van der Waals surface area (Å²) >= 11 is 1.48. The van der Waals surface area contributed by atoms with Gasteiger partial charge in [0.1, 0.15) is 11.7 Å². The number of hydrogen-bond donors (Lipinski definition) is 0. The second kappa shape index (κ2) is 11.5. The molecule has 0 aliphatic carbocycles. The van der Waals surface area contributed by atoms with E-state index in [1.165, 1.54) is 11.3 Å². The van der Waals surface area contributed by atoms with Crippen molar-refractivity contribution in [3.8, 4) is 5.75 Å². The number of morpholine rings is 1. The van der Waals surface area contributed by atoms with Crippen molar-refractivity contribution in [1.29, 1.82) is 0 Å². The summed E-state index contributed by atoms with van der Waals surface area (Å²) in [5.74, 6) is -1.40. The normalized spacial score (nSPS) is 21.2. The molecule has 1 aromatic heterocycles. The largest absolute Gasteiger partial charge is 0.493 e. The number of nitrogens with zero attached hydrogens (tertiary/aromatic N) is 2. The van der Waals surface area contributed by atoms with Crippen LogP contribution >= 0.6 is 11.3 Å². The van der Waals surface area contributed by atoms with E-state index in [9.17, 15) is 14.4 Å². The summed E-state index contributed by atoms with van der Waals surface area (Å²) < 4.78 is 11.2. The van der Waals surface area contributed by atoms with Gasteiger partial charge >= 0.3 is 0 Å².